The summed E-state index contributed by atoms with van der Waals surface area (Å²) >= 11 is 0. The van der Waals surface area contributed by atoms with Gasteiger partial charge in [0.2, 0.25) is 0 Å². The van der Waals surface area contributed by atoms with Gasteiger partial charge in [-0.05, 0) is 66.0 Å². The molecule has 0 atom stereocenters. The molecule has 170 valence electrons. The van der Waals surface area contributed by atoms with Crippen molar-refractivity contribution in [2.45, 2.75) is 25.7 Å². The number of methoxy groups -OCH3 is 1. The zero-order chi connectivity index (χ0) is 23.4. The Morgan fingerprint density at radius 1 is 0.758 bits per heavy atom. The molecule has 3 aromatic carbocycles. The molecule has 4 aromatic rings. The molecule has 0 amide bonds. The van der Waals surface area contributed by atoms with Crippen molar-refractivity contribution in [1.82, 2.24) is 9.97 Å². The number of hydrogen-bond donors (Lipinski definition) is 0. The highest BCUT2D eigenvalue weighted by atomic mass is 19.2. The third-order valence-corrected chi connectivity index (χ3v) is 5.54. The van der Waals surface area contributed by atoms with Crippen LogP contribution < -0.4 is 0 Å². The first-order valence-corrected chi connectivity index (χ1v) is 10.6. The van der Waals surface area contributed by atoms with Crippen molar-refractivity contribution in [3.8, 4) is 11.4 Å². The van der Waals surface area contributed by atoms with Gasteiger partial charge >= 0.3 is 0 Å². The molecule has 0 aliphatic rings. The Morgan fingerprint density at radius 2 is 1.48 bits per heavy atom. The highest BCUT2D eigenvalue weighted by Gasteiger charge is 2.13. The Balaban J connectivity index is 1.51. The van der Waals surface area contributed by atoms with Crippen LogP contribution in [0.1, 0.15) is 23.1 Å². The molecule has 0 aliphatic heterocycles. The van der Waals surface area contributed by atoms with Gasteiger partial charge in [-0.15, -0.1) is 0 Å². The molecule has 0 saturated carbocycles. The van der Waals surface area contributed by atoms with Gasteiger partial charge in [0.15, 0.2) is 23.3 Å². The summed E-state index contributed by atoms with van der Waals surface area (Å²) in [5.74, 6) is -3.84. The van der Waals surface area contributed by atoms with Crippen molar-refractivity contribution in [2.24, 2.45) is 0 Å². The van der Waals surface area contributed by atoms with Crippen LogP contribution in [0.25, 0.3) is 22.2 Å². The maximum atomic E-state index is 15.1. The molecule has 0 saturated heterocycles. The van der Waals surface area contributed by atoms with E-state index >= 15 is 4.39 Å². The molecular formula is C26H22F4N2O. The minimum atomic E-state index is -1.50. The SMILES string of the molecule is COCCCc1cnc(-c2ccc3c(F)c(CCc4cc(F)c(F)c(F)c4)ccc3c2)nc1. The smallest absolute Gasteiger partial charge is 0.194 e. The lowest BCUT2D eigenvalue weighted by Gasteiger charge is -2.09. The average Bonchev–Trinajstić information content (AvgIpc) is 2.82. The van der Waals surface area contributed by atoms with Crippen molar-refractivity contribution in [3.63, 3.8) is 0 Å². The first kappa shape index (κ1) is 22.9. The van der Waals surface area contributed by atoms with Crippen LogP contribution in [-0.2, 0) is 24.0 Å². The Morgan fingerprint density at radius 3 is 2.18 bits per heavy atom. The van der Waals surface area contributed by atoms with E-state index < -0.39 is 23.3 Å². The normalized spacial score (nSPS) is 11.3. The third kappa shape index (κ3) is 5.20. The standard InChI is InChI=1S/C26H22F4N2O/c1-33-10-2-3-17-14-31-26(32-15-17)20-8-9-21-19(13-20)7-6-18(24(21)29)5-4-16-11-22(27)25(30)23(28)12-16/h6-9,11-15H,2-5,10H2,1H3. The molecule has 0 fully saturated rings. The van der Waals surface area contributed by atoms with E-state index in [4.69, 9.17) is 4.74 Å². The molecule has 33 heavy (non-hydrogen) atoms. The lowest BCUT2D eigenvalue weighted by Crippen LogP contribution is -1.99. The van der Waals surface area contributed by atoms with Gasteiger partial charge in [0.05, 0.1) is 0 Å². The van der Waals surface area contributed by atoms with E-state index in [9.17, 15) is 13.2 Å². The van der Waals surface area contributed by atoms with Crippen LogP contribution in [0, 0.1) is 23.3 Å². The number of rotatable bonds is 8. The Bertz CT molecular complexity index is 1250. The lowest BCUT2D eigenvalue weighted by molar-refractivity contribution is 0.195. The number of ether oxygens (including phenoxy) is 1. The van der Waals surface area contributed by atoms with E-state index in [0.717, 1.165) is 36.1 Å². The number of halogens is 4. The first-order valence-electron chi connectivity index (χ1n) is 10.6. The van der Waals surface area contributed by atoms with Gasteiger partial charge in [0.25, 0.3) is 0 Å². The van der Waals surface area contributed by atoms with Gasteiger partial charge in [-0.3, -0.25) is 0 Å². The van der Waals surface area contributed by atoms with Crippen LogP contribution in [0.3, 0.4) is 0 Å². The summed E-state index contributed by atoms with van der Waals surface area (Å²) in [4.78, 5) is 8.85. The van der Waals surface area contributed by atoms with E-state index in [1.54, 1.807) is 43.8 Å². The van der Waals surface area contributed by atoms with Gasteiger partial charge in [0, 0.05) is 37.1 Å². The number of benzene rings is 3. The summed E-state index contributed by atoms with van der Waals surface area (Å²) in [6.45, 7) is 0.678. The molecule has 0 bridgehead atoms. The third-order valence-electron chi connectivity index (χ3n) is 5.54. The lowest BCUT2D eigenvalue weighted by atomic mass is 9.99. The number of fused-ring (bicyclic) bond motifs is 1. The first-order chi connectivity index (χ1) is 16.0. The summed E-state index contributed by atoms with van der Waals surface area (Å²) < 4.78 is 60.1. The maximum Gasteiger partial charge on any atom is 0.194 e. The fourth-order valence-corrected chi connectivity index (χ4v) is 3.75. The number of aryl methyl sites for hydroxylation is 3. The minimum absolute atomic E-state index is 0.180. The second-order valence-corrected chi connectivity index (χ2v) is 7.86. The van der Waals surface area contributed by atoms with Crippen LogP contribution >= 0.6 is 0 Å². The monoisotopic (exact) mass is 454 g/mol. The molecule has 1 aromatic heterocycles. The molecule has 7 heteroatoms. The van der Waals surface area contributed by atoms with Gasteiger partial charge in [0.1, 0.15) is 5.82 Å². The van der Waals surface area contributed by atoms with Crippen LogP contribution in [0.4, 0.5) is 17.6 Å². The zero-order valence-electron chi connectivity index (χ0n) is 18.0. The Kier molecular flexibility index (Phi) is 6.99. The number of nitrogens with zero attached hydrogens (tertiary/aromatic N) is 2. The summed E-state index contributed by atoms with van der Waals surface area (Å²) in [5.41, 5.74) is 2.48. The molecule has 0 radical (unpaired) electrons. The molecule has 0 unspecified atom stereocenters. The molecule has 0 aliphatic carbocycles. The van der Waals surface area contributed by atoms with E-state index in [0.29, 0.717) is 28.8 Å². The predicted molar refractivity (Wildman–Crippen MR) is 119 cm³/mol. The second kappa shape index (κ2) is 10.1. The molecular weight excluding hydrogens is 432 g/mol. The predicted octanol–water partition coefficient (Wildman–Crippen LogP) is 6.22. The van der Waals surface area contributed by atoms with E-state index in [2.05, 4.69) is 9.97 Å². The number of aromatic nitrogens is 2. The Labute approximate surface area is 189 Å². The molecule has 3 nitrogen and oxygen atoms in total. The average molecular weight is 454 g/mol. The van der Waals surface area contributed by atoms with E-state index in [-0.39, 0.29) is 18.4 Å². The molecule has 4 rings (SSSR count). The highest BCUT2D eigenvalue weighted by Crippen LogP contribution is 2.27. The van der Waals surface area contributed by atoms with Gasteiger partial charge in [-0.25, -0.2) is 27.5 Å². The van der Waals surface area contributed by atoms with Crippen molar-refractivity contribution in [1.29, 1.82) is 0 Å². The summed E-state index contributed by atoms with van der Waals surface area (Å²) in [6, 6.07) is 10.6. The van der Waals surface area contributed by atoms with Crippen molar-refractivity contribution < 1.29 is 22.3 Å². The Hall–Kier alpha value is -3.32. The van der Waals surface area contributed by atoms with Gasteiger partial charge in [-0.1, -0.05) is 24.3 Å². The summed E-state index contributed by atoms with van der Waals surface area (Å²) in [7, 11) is 1.67. The van der Waals surface area contributed by atoms with E-state index in [1.165, 1.54) is 0 Å². The van der Waals surface area contributed by atoms with Crippen molar-refractivity contribution in [2.75, 3.05) is 13.7 Å². The summed E-state index contributed by atoms with van der Waals surface area (Å²) in [6.07, 6.45) is 5.69. The van der Waals surface area contributed by atoms with Crippen LogP contribution in [0.2, 0.25) is 0 Å². The quantitative estimate of drug-likeness (QED) is 0.180. The maximum absolute atomic E-state index is 15.1. The van der Waals surface area contributed by atoms with Crippen LogP contribution in [0.5, 0.6) is 0 Å². The largest absolute Gasteiger partial charge is 0.385 e. The molecule has 0 spiro atoms. The zero-order valence-corrected chi connectivity index (χ0v) is 18.0. The van der Waals surface area contributed by atoms with Crippen LogP contribution in [0.15, 0.2) is 54.9 Å². The fraction of sp³-hybridized carbons (Fsp3) is 0.231. The van der Waals surface area contributed by atoms with Crippen LogP contribution in [-0.4, -0.2) is 23.7 Å². The van der Waals surface area contributed by atoms with Gasteiger partial charge < -0.3 is 4.74 Å². The second-order valence-electron chi connectivity index (χ2n) is 7.86. The van der Waals surface area contributed by atoms with Crippen molar-refractivity contribution >= 4 is 10.8 Å². The van der Waals surface area contributed by atoms with Gasteiger partial charge in [-0.2, -0.15) is 0 Å². The molecule has 1 heterocycles. The van der Waals surface area contributed by atoms with Crippen molar-refractivity contribution in [3.05, 3.63) is 94.8 Å². The van der Waals surface area contributed by atoms with E-state index in [1.807, 2.05) is 6.07 Å². The highest BCUT2D eigenvalue weighted by molar-refractivity contribution is 5.87. The topological polar surface area (TPSA) is 35.0 Å². The fourth-order valence-electron chi connectivity index (χ4n) is 3.75. The number of hydrogen-bond acceptors (Lipinski definition) is 3. The summed E-state index contributed by atoms with van der Waals surface area (Å²) in [5, 5.41) is 1.13. The molecule has 0 N–H and O–H groups in total. The minimum Gasteiger partial charge on any atom is -0.385 e.